The zero-order valence-corrected chi connectivity index (χ0v) is 25.1. The number of carbonyl (C=O) groups excluding carboxylic acids is 4. The molecule has 9 nitrogen and oxygen atoms in total. The summed E-state index contributed by atoms with van der Waals surface area (Å²) in [7, 11) is 1.66. The molecular weight excluding hydrogens is 542 g/mol. The second-order valence-electron chi connectivity index (χ2n) is 11.2. The van der Waals surface area contributed by atoms with Gasteiger partial charge in [-0.25, -0.2) is 0 Å². The standard InChI is InChI=1S/C31H40ClN5O4/c1-21(33-5)28(39)35-27(31(2,3)4)29(40)34-20-26(38)37-18-17-36(16-15-22-11-7-6-8-12-22)30(41)25(37)19-23-13-9-10-14-24(23)32/h6-14,17-18,21,25,27,33H,15-16,19-20H2,1-5H3,(H,34,40)(H,35,39)/t21-,25-,27+/m0/s1. The molecule has 3 atom stereocenters. The lowest BCUT2D eigenvalue weighted by molar-refractivity contribution is -0.143. The maximum absolute atomic E-state index is 13.7. The van der Waals surface area contributed by atoms with Crippen LogP contribution in [-0.4, -0.2) is 71.7 Å². The van der Waals surface area contributed by atoms with E-state index in [9.17, 15) is 19.2 Å². The Morgan fingerprint density at radius 2 is 1.63 bits per heavy atom. The van der Waals surface area contributed by atoms with Gasteiger partial charge in [0.2, 0.25) is 23.6 Å². The van der Waals surface area contributed by atoms with Gasteiger partial charge in [-0.15, -0.1) is 0 Å². The Bertz CT molecular complexity index is 1260. The molecule has 0 aromatic heterocycles. The largest absolute Gasteiger partial charge is 0.345 e. The number of halogens is 1. The van der Waals surface area contributed by atoms with Crippen LogP contribution in [0.3, 0.4) is 0 Å². The first-order valence-electron chi connectivity index (χ1n) is 13.7. The van der Waals surface area contributed by atoms with Crippen molar-refractivity contribution in [1.29, 1.82) is 0 Å². The highest BCUT2D eigenvalue weighted by Gasteiger charge is 2.37. The molecule has 220 valence electrons. The van der Waals surface area contributed by atoms with Crippen molar-refractivity contribution in [1.82, 2.24) is 25.8 Å². The van der Waals surface area contributed by atoms with Gasteiger partial charge in [0.25, 0.3) is 0 Å². The smallest absolute Gasteiger partial charge is 0.250 e. The second kappa shape index (κ2) is 14.3. The molecule has 0 saturated heterocycles. The van der Waals surface area contributed by atoms with Crippen LogP contribution < -0.4 is 16.0 Å². The fourth-order valence-electron chi connectivity index (χ4n) is 4.46. The quantitative estimate of drug-likeness (QED) is 0.378. The maximum atomic E-state index is 13.7. The molecule has 0 bridgehead atoms. The fourth-order valence-corrected chi connectivity index (χ4v) is 4.68. The van der Waals surface area contributed by atoms with Gasteiger partial charge in [-0.2, -0.15) is 0 Å². The van der Waals surface area contributed by atoms with E-state index in [1.54, 1.807) is 43.4 Å². The van der Waals surface area contributed by atoms with Crippen LogP contribution in [0, 0.1) is 5.41 Å². The van der Waals surface area contributed by atoms with Gasteiger partial charge in [0.15, 0.2) is 0 Å². The van der Waals surface area contributed by atoms with Crippen molar-refractivity contribution in [2.45, 2.75) is 58.7 Å². The van der Waals surface area contributed by atoms with Gasteiger partial charge in [-0.1, -0.05) is 80.9 Å². The Kier molecular flexibility index (Phi) is 11.1. The van der Waals surface area contributed by atoms with Crippen LogP contribution in [-0.2, 0) is 32.0 Å². The van der Waals surface area contributed by atoms with E-state index in [-0.39, 0.29) is 24.8 Å². The lowest BCUT2D eigenvalue weighted by atomic mass is 9.86. The average Bonchev–Trinajstić information content (AvgIpc) is 2.95. The Balaban J connectivity index is 1.76. The Morgan fingerprint density at radius 3 is 2.27 bits per heavy atom. The number of hydrogen-bond donors (Lipinski definition) is 3. The minimum Gasteiger partial charge on any atom is -0.345 e. The first-order chi connectivity index (χ1) is 19.4. The zero-order valence-electron chi connectivity index (χ0n) is 24.3. The minimum absolute atomic E-state index is 0.215. The molecule has 3 N–H and O–H groups in total. The van der Waals surface area contributed by atoms with E-state index in [0.29, 0.717) is 18.0 Å². The van der Waals surface area contributed by atoms with E-state index in [2.05, 4.69) is 16.0 Å². The van der Waals surface area contributed by atoms with E-state index in [1.165, 1.54) is 4.90 Å². The second-order valence-corrected chi connectivity index (χ2v) is 11.6. The summed E-state index contributed by atoms with van der Waals surface area (Å²) in [4.78, 5) is 55.7. The third-order valence-electron chi connectivity index (χ3n) is 7.11. The predicted octanol–water partition coefficient (Wildman–Crippen LogP) is 2.89. The molecule has 4 amide bonds. The topological polar surface area (TPSA) is 111 Å². The highest BCUT2D eigenvalue weighted by atomic mass is 35.5. The molecular formula is C31H40ClN5O4. The Hall–Kier alpha value is -3.69. The summed E-state index contributed by atoms with van der Waals surface area (Å²) in [6.45, 7) is 7.30. The first kappa shape index (κ1) is 31.8. The van der Waals surface area contributed by atoms with Crippen LogP contribution in [0.15, 0.2) is 67.0 Å². The highest BCUT2D eigenvalue weighted by molar-refractivity contribution is 6.31. The average molecular weight is 582 g/mol. The van der Waals surface area contributed by atoms with Gasteiger partial charge in [-0.05, 0) is 43.0 Å². The van der Waals surface area contributed by atoms with Crippen molar-refractivity contribution in [3.8, 4) is 0 Å². The molecule has 1 aliphatic heterocycles. The number of rotatable bonds is 11. The summed E-state index contributed by atoms with van der Waals surface area (Å²) in [5.74, 6) is -1.50. The molecule has 1 heterocycles. The van der Waals surface area contributed by atoms with E-state index in [1.807, 2.05) is 63.2 Å². The molecule has 0 spiro atoms. The van der Waals surface area contributed by atoms with Crippen molar-refractivity contribution in [3.05, 3.63) is 83.1 Å². The van der Waals surface area contributed by atoms with E-state index >= 15 is 0 Å². The molecule has 0 aliphatic carbocycles. The molecule has 0 saturated carbocycles. The van der Waals surface area contributed by atoms with Crippen LogP contribution in [0.25, 0.3) is 0 Å². The molecule has 0 fully saturated rings. The normalized spacial score (nSPS) is 16.7. The lowest BCUT2D eigenvalue weighted by Crippen LogP contribution is -2.58. The summed E-state index contributed by atoms with van der Waals surface area (Å²) >= 11 is 6.41. The molecule has 10 heteroatoms. The zero-order chi connectivity index (χ0) is 30.2. The van der Waals surface area contributed by atoms with Crippen LogP contribution in [0.1, 0.15) is 38.8 Å². The predicted molar refractivity (Wildman–Crippen MR) is 160 cm³/mol. The van der Waals surface area contributed by atoms with Crippen molar-refractivity contribution in [3.63, 3.8) is 0 Å². The number of carbonyl (C=O) groups is 4. The SMILES string of the molecule is CN[C@@H](C)C(=O)N[C@H](C(=O)NCC(=O)N1C=CN(CCc2ccccc2)C(=O)[C@@H]1Cc1ccccc1Cl)C(C)(C)C. The number of likely N-dealkylation sites (N-methyl/N-ethyl adjacent to an activating group) is 1. The van der Waals surface area contributed by atoms with Crippen molar-refractivity contribution < 1.29 is 19.2 Å². The van der Waals surface area contributed by atoms with Crippen molar-refractivity contribution in [2.75, 3.05) is 20.1 Å². The lowest BCUT2D eigenvalue weighted by Gasteiger charge is -2.36. The summed E-state index contributed by atoms with van der Waals surface area (Å²) in [6, 6.07) is 14.9. The molecule has 0 radical (unpaired) electrons. The third-order valence-corrected chi connectivity index (χ3v) is 7.48. The summed E-state index contributed by atoms with van der Waals surface area (Å²) in [6.07, 6.45) is 4.06. The molecule has 2 aromatic carbocycles. The van der Waals surface area contributed by atoms with E-state index in [4.69, 9.17) is 11.6 Å². The summed E-state index contributed by atoms with van der Waals surface area (Å²) < 4.78 is 0. The third kappa shape index (κ3) is 8.65. The van der Waals surface area contributed by atoms with Gasteiger partial charge < -0.3 is 25.8 Å². The van der Waals surface area contributed by atoms with E-state index in [0.717, 1.165) is 11.1 Å². The maximum Gasteiger partial charge on any atom is 0.250 e. The Morgan fingerprint density at radius 1 is 0.976 bits per heavy atom. The van der Waals surface area contributed by atoms with Gasteiger partial charge in [0.1, 0.15) is 12.1 Å². The van der Waals surface area contributed by atoms with Crippen molar-refractivity contribution in [2.24, 2.45) is 5.41 Å². The van der Waals surface area contributed by atoms with Crippen LogP contribution in [0.2, 0.25) is 5.02 Å². The van der Waals surface area contributed by atoms with E-state index < -0.39 is 35.4 Å². The fraction of sp³-hybridized carbons (Fsp3) is 0.419. The molecule has 1 aliphatic rings. The molecule has 0 unspecified atom stereocenters. The summed E-state index contributed by atoms with van der Waals surface area (Å²) in [5.41, 5.74) is 1.23. The van der Waals surface area contributed by atoms with Gasteiger partial charge in [0.05, 0.1) is 12.6 Å². The summed E-state index contributed by atoms with van der Waals surface area (Å²) in [5, 5.41) is 8.79. The Labute approximate surface area is 247 Å². The number of amides is 4. The molecule has 3 rings (SSSR count). The monoisotopic (exact) mass is 581 g/mol. The number of benzene rings is 2. The molecule has 2 aromatic rings. The number of nitrogens with one attached hydrogen (secondary N) is 3. The molecule has 41 heavy (non-hydrogen) atoms. The van der Waals surface area contributed by atoms with Crippen LogP contribution in [0.5, 0.6) is 0 Å². The van der Waals surface area contributed by atoms with Gasteiger partial charge >= 0.3 is 0 Å². The first-order valence-corrected chi connectivity index (χ1v) is 14.1. The van der Waals surface area contributed by atoms with Crippen LogP contribution in [0.4, 0.5) is 0 Å². The minimum atomic E-state index is -0.871. The number of hydrogen-bond acceptors (Lipinski definition) is 5. The van der Waals surface area contributed by atoms with Gasteiger partial charge in [-0.3, -0.25) is 19.2 Å². The van der Waals surface area contributed by atoms with Gasteiger partial charge in [0, 0.05) is 30.4 Å². The van der Waals surface area contributed by atoms with Crippen molar-refractivity contribution >= 4 is 35.2 Å². The number of nitrogens with zero attached hydrogens (tertiary/aromatic N) is 2. The van der Waals surface area contributed by atoms with Crippen LogP contribution >= 0.6 is 11.6 Å². The highest BCUT2D eigenvalue weighted by Crippen LogP contribution is 2.23.